The molecule has 1 unspecified atom stereocenters. The van der Waals surface area contributed by atoms with E-state index in [1.165, 1.54) is 0 Å². The van der Waals surface area contributed by atoms with Crippen molar-refractivity contribution in [3.05, 3.63) is 23.3 Å². The van der Waals surface area contributed by atoms with Gasteiger partial charge in [0.05, 0.1) is 24.1 Å². The fourth-order valence-electron chi connectivity index (χ4n) is 2.18. The molecule has 2 N–H and O–H groups in total. The van der Waals surface area contributed by atoms with E-state index < -0.39 is 0 Å². The van der Waals surface area contributed by atoms with E-state index in [1.54, 1.807) is 11.3 Å². The topological polar surface area (TPSA) is 89.1 Å². The third-order valence-electron chi connectivity index (χ3n) is 3.29. The van der Waals surface area contributed by atoms with Crippen LogP contribution in [0.15, 0.2) is 17.5 Å². The first-order valence-electron chi connectivity index (χ1n) is 7.22. The molecule has 3 rings (SSSR count). The third-order valence-corrected chi connectivity index (χ3v) is 4.15. The van der Waals surface area contributed by atoms with Gasteiger partial charge in [0, 0.05) is 6.61 Å². The third kappa shape index (κ3) is 4.12. The molecule has 2 aromatic heterocycles. The molecular weight excluding hydrogens is 304 g/mol. The maximum absolute atomic E-state index is 11.7. The van der Waals surface area contributed by atoms with Crippen molar-refractivity contribution in [1.29, 1.82) is 0 Å². The molecule has 0 aliphatic carbocycles. The highest BCUT2D eigenvalue weighted by molar-refractivity contribution is 7.13. The minimum atomic E-state index is -0.174. The summed E-state index contributed by atoms with van der Waals surface area (Å²) in [6.45, 7) is 1.60. The number of rotatable bonds is 7. The first-order valence-corrected chi connectivity index (χ1v) is 8.10. The molecule has 1 fully saturated rings. The molecule has 1 amide bonds. The van der Waals surface area contributed by atoms with Crippen LogP contribution in [0, 0.1) is 0 Å². The maximum Gasteiger partial charge on any atom is 0.246 e. The number of nitrogens with zero attached hydrogens (tertiary/aromatic N) is 2. The Morgan fingerprint density at radius 1 is 1.59 bits per heavy atom. The lowest BCUT2D eigenvalue weighted by Crippen LogP contribution is -2.29. The van der Waals surface area contributed by atoms with Gasteiger partial charge >= 0.3 is 0 Å². The summed E-state index contributed by atoms with van der Waals surface area (Å²) >= 11 is 1.57. The van der Waals surface area contributed by atoms with Gasteiger partial charge in [-0.1, -0.05) is 6.07 Å². The smallest absolute Gasteiger partial charge is 0.246 e. The van der Waals surface area contributed by atoms with E-state index in [4.69, 9.17) is 9.47 Å². The van der Waals surface area contributed by atoms with E-state index in [1.807, 2.05) is 17.5 Å². The summed E-state index contributed by atoms with van der Waals surface area (Å²) in [6.07, 6.45) is 2.21. The molecule has 0 radical (unpaired) electrons. The van der Waals surface area contributed by atoms with E-state index in [0.29, 0.717) is 24.8 Å². The number of aromatic nitrogens is 3. The maximum atomic E-state index is 11.7. The van der Waals surface area contributed by atoms with Crippen LogP contribution in [0.2, 0.25) is 0 Å². The number of thiophene rings is 1. The van der Waals surface area contributed by atoms with Crippen molar-refractivity contribution < 1.29 is 14.3 Å². The predicted molar refractivity (Wildman–Crippen MR) is 81.3 cm³/mol. The van der Waals surface area contributed by atoms with Crippen molar-refractivity contribution in [2.24, 2.45) is 0 Å². The van der Waals surface area contributed by atoms with Gasteiger partial charge in [-0.25, -0.2) is 4.98 Å². The van der Waals surface area contributed by atoms with Gasteiger partial charge in [-0.2, -0.15) is 5.10 Å². The van der Waals surface area contributed by atoms with Crippen molar-refractivity contribution in [2.75, 3.05) is 19.8 Å². The molecule has 0 spiro atoms. The van der Waals surface area contributed by atoms with E-state index in [2.05, 4.69) is 20.5 Å². The van der Waals surface area contributed by atoms with Crippen LogP contribution in [0.25, 0.3) is 10.7 Å². The highest BCUT2D eigenvalue weighted by atomic mass is 32.1. The van der Waals surface area contributed by atoms with Crippen LogP contribution in [0.5, 0.6) is 0 Å². The summed E-state index contributed by atoms with van der Waals surface area (Å²) < 4.78 is 10.8. The second kappa shape index (κ2) is 7.48. The monoisotopic (exact) mass is 322 g/mol. The van der Waals surface area contributed by atoms with E-state index in [9.17, 15) is 4.79 Å². The molecule has 22 heavy (non-hydrogen) atoms. The molecule has 3 heterocycles. The van der Waals surface area contributed by atoms with Gasteiger partial charge in [-0.15, -0.1) is 11.3 Å². The number of H-pyrrole nitrogens is 1. The largest absolute Gasteiger partial charge is 0.376 e. The number of nitrogens with one attached hydrogen (secondary N) is 2. The molecule has 1 saturated heterocycles. The molecule has 118 valence electrons. The number of carbonyl (C=O) groups excluding carboxylic acids is 1. The van der Waals surface area contributed by atoms with Gasteiger partial charge in [-0.3, -0.25) is 9.89 Å². The number of amides is 1. The van der Waals surface area contributed by atoms with Gasteiger partial charge in [-0.05, 0) is 24.3 Å². The Balaban J connectivity index is 1.37. The van der Waals surface area contributed by atoms with Crippen LogP contribution in [0.4, 0.5) is 0 Å². The Labute approximate surface area is 132 Å². The van der Waals surface area contributed by atoms with Crippen LogP contribution in [0.3, 0.4) is 0 Å². The van der Waals surface area contributed by atoms with Gasteiger partial charge in [0.15, 0.2) is 5.82 Å². The van der Waals surface area contributed by atoms with Crippen LogP contribution >= 0.6 is 11.3 Å². The summed E-state index contributed by atoms with van der Waals surface area (Å²) in [5, 5.41) is 11.7. The highest BCUT2D eigenvalue weighted by Gasteiger charge is 2.16. The van der Waals surface area contributed by atoms with E-state index in [0.717, 1.165) is 24.3 Å². The minimum Gasteiger partial charge on any atom is -0.376 e. The van der Waals surface area contributed by atoms with Crippen molar-refractivity contribution in [2.45, 2.75) is 25.5 Å². The molecule has 7 nitrogen and oxygen atoms in total. The quantitative estimate of drug-likeness (QED) is 0.803. The Hall–Kier alpha value is -1.77. The van der Waals surface area contributed by atoms with Crippen LogP contribution in [0.1, 0.15) is 18.7 Å². The standard InChI is InChI=1S/C14H18N4O3S/c19-13(9-20-8-10-3-1-5-21-10)15-7-12-16-14(18-17-12)11-4-2-6-22-11/h2,4,6,10H,1,3,5,7-9H2,(H,15,19)(H,16,17,18). The number of hydrogen-bond acceptors (Lipinski definition) is 6. The van der Waals surface area contributed by atoms with Gasteiger partial charge < -0.3 is 14.8 Å². The summed E-state index contributed by atoms with van der Waals surface area (Å²) in [5.74, 6) is 1.09. The SMILES string of the molecule is O=C(COCC1CCCO1)NCc1nc(-c2cccs2)n[nH]1. The Bertz CT molecular complexity index is 593. The second-order valence-electron chi connectivity index (χ2n) is 5.01. The van der Waals surface area contributed by atoms with Crippen LogP contribution < -0.4 is 5.32 Å². The summed E-state index contributed by atoms with van der Waals surface area (Å²) in [5.41, 5.74) is 0. The number of aromatic amines is 1. The summed E-state index contributed by atoms with van der Waals surface area (Å²) in [4.78, 5) is 17.0. The number of carbonyl (C=O) groups is 1. The summed E-state index contributed by atoms with van der Waals surface area (Å²) in [6, 6.07) is 3.90. The van der Waals surface area contributed by atoms with Crippen molar-refractivity contribution >= 4 is 17.2 Å². The molecule has 0 saturated carbocycles. The Morgan fingerprint density at radius 3 is 3.32 bits per heavy atom. The molecular formula is C14H18N4O3S. The highest BCUT2D eigenvalue weighted by Crippen LogP contribution is 2.20. The normalized spacial score (nSPS) is 17.7. The van der Waals surface area contributed by atoms with Gasteiger partial charge in [0.2, 0.25) is 5.91 Å². The fourth-order valence-corrected chi connectivity index (χ4v) is 2.84. The van der Waals surface area contributed by atoms with Crippen LogP contribution in [-0.2, 0) is 20.8 Å². The predicted octanol–water partition coefficient (Wildman–Crippen LogP) is 1.34. The molecule has 2 aromatic rings. The molecule has 8 heteroatoms. The molecule has 1 aliphatic rings. The minimum absolute atomic E-state index is 0.0335. The zero-order valence-electron chi connectivity index (χ0n) is 12.1. The lowest BCUT2D eigenvalue weighted by Gasteiger charge is -2.09. The number of ether oxygens (including phenoxy) is 2. The average Bonchev–Trinajstić information content (AvgIpc) is 3.26. The van der Waals surface area contributed by atoms with Crippen LogP contribution in [-0.4, -0.2) is 47.0 Å². The second-order valence-corrected chi connectivity index (χ2v) is 5.96. The zero-order valence-corrected chi connectivity index (χ0v) is 12.9. The average molecular weight is 322 g/mol. The Kier molecular flexibility index (Phi) is 5.15. The van der Waals surface area contributed by atoms with Crippen molar-refractivity contribution in [1.82, 2.24) is 20.5 Å². The van der Waals surface area contributed by atoms with Gasteiger partial charge in [0.25, 0.3) is 0 Å². The lowest BCUT2D eigenvalue weighted by atomic mass is 10.2. The molecule has 0 bridgehead atoms. The van der Waals surface area contributed by atoms with Gasteiger partial charge in [0.1, 0.15) is 12.4 Å². The fraction of sp³-hybridized carbons (Fsp3) is 0.500. The number of hydrogen-bond donors (Lipinski definition) is 2. The molecule has 1 aliphatic heterocycles. The lowest BCUT2D eigenvalue weighted by molar-refractivity contribution is -0.127. The zero-order chi connectivity index (χ0) is 15.2. The van der Waals surface area contributed by atoms with Crippen molar-refractivity contribution in [3.63, 3.8) is 0 Å². The Morgan fingerprint density at radius 2 is 2.55 bits per heavy atom. The first-order chi connectivity index (χ1) is 10.8. The van der Waals surface area contributed by atoms with Crippen molar-refractivity contribution in [3.8, 4) is 10.7 Å². The molecule has 1 atom stereocenters. The molecule has 0 aromatic carbocycles. The van der Waals surface area contributed by atoms with E-state index in [-0.39, 0.29) is 18.6 Å². The summed E-state index contributed by atoms with van der Waals surface area (Å²) in [7, 11) is 0. The van der Waals surface area contributed by atoms with E-state index >= 15 is 0 Å². The first kappa shape index (κ1) is 15.1.